The first-order chi connectivity index (χ1) is 11.1. The third-order valence-corrected chi connectivity index (χ3v) is 5.08. The first kappa shape index (κ1) is 22.9. The van der Waals surface area contributed by atoms with Crippen molar-refractivity contribution in [2.24, 2.45) is 5.73 Å². The summed E-state index contributed by atoms with van der Waals surface area (Å²) < 4.78 is 1.15. The lowest BCUT2D eigenvalue weighted by Gasteiger charge is -2.29. The molecule has 0 rings (SSSR count). The maximum absolute atomic E-state index is 5.61. The zero-order valence-corrected chi connectivity index (χ0v) is 16.8. The smallest absolute Gasteiger partial charge is 0.0794 e. The van der Waals surface area contributed by atoms with Gasteiger partial charge in [0.2, 0.25) is 0 Å². The third kappa shape index (κ3) is 18.1. The van der Waals surface area contributed by atoms with Gasteiger partial charge in [0.1, 0.15) is 0 Å². The normalized spacial score (nSPS) is 12.0. The van der Waals surface area contributed by atoms with Crippen molar-refractivity contribution in [1.82, 2.24) is 0 Å². The summed E-state index contributed by atoms with van der Waals surface area (Å²) in [6, 6.07) is 0. The molecule has 0 amide bonds. The lowest BCUT2D eigenvalue weighted by atomic mass is 10.0. The van der Waals surface area contributed by atoms with Gasteiger partial charge in [-0.3, -0.25) is 0 Å². The molecule has 0 aliphatic heterocycles. The van der Waals surface area contributed by atoms with Crippen LogP contribution in [0, 0.1) is 0 Å². The van der Waals surface area contributed by atoms with Crippen LogP contribution in [0.5, 0.6) is 0 Å². The molecule has 0 radical (unpaired) electrons. The van der Waals surface area contributed by atoms with Gasteiger partial charge < -0.3 is 10.2 Å². The summed E-state index contributed by atoms with van der Waals surface area (Å²) in [4.78, 5) is 0. The highest BCUT2D eigenvalue weighted by Crippen LogP contribution is 2.13. The maximum atomic E-state index is 5.61. The fourth-order valence-corrected chi connectivity index (χ4v) is 3.37. The highest BCUT2D eigenvalue weighted by molar-refractivity contribution is 4.49. The zero-order valence-electron chi connectivity index (χ0n) is 16.8. The largest absolute Gasteiger partial charge is 0.330 e. The number of nitrogens with zero attached hydrogens (tertiary/aromatic N) is 1. The van der Waals surface area contributed by atoms with Crippen LogP contribution in [-0.4, -0.2) is 38.2 Å². The molecule has 0 heterocycles. The number of nitrogens with two attached hydrogens (primary N) is 1. The summed E-state index contributed by atoms with van der Waals surface area (Å²) in [7, 11) is 4.69. The predicted molar refractivity (Wildman–Crippen MR) is 106 cm³/mol. The first-order valence-corrected chi connectivity index (χ1v) is 10.6. The van der Waals surface area contributed by atoms with Crippen LogP contribution < -0.4 is 5.73 Å². The average molecular weight is 328 g/mol. The number of quaternary nitrogens is 1. The van der Waals surface area contributed by atoms with Crippen molar-refractivity contribution in [2.45, 2.75) is 103 Å². The Labute approximate surface area is 147 Å². The molecule has 2 nitrogen and oxygen atoms in total. The molecule has 0 saturated heterocycles. The second-order valence-electron chi connectivity index (χ2n) is 8.12. The summed E-state index contributed by atoms with van der Waals surface area (Å²) in [5.41, 5.74) is 5.61. The molecule has 2 N–H and O–H groups in total. The van der Waals surface area contributed by atoms with Crippen LogP contribution in [0.3, 0.4) is 0 Å². The summed E-state index contributed by atoms with van der Waals surface area (Å²) >= 11 is 0. The third-order valence-electron chi connectivity index (χ3n) is 5.08. The number of hydrogen-bond acceptors (Lipinski definition) is 1. The number of hydrogen-bond donors (Lipinski definition) is 1. The highest BCUT2D eigenvalue weighted by atomic mass is 15.3. The van der Waals surface area contributed by atoms with E-state index < -0.39 is 0 Å². The van der Waals surface area contributed by atoms with Gasteiger partial charge in [-0.25, -0.2) is 0 Å². The molecule has 0 aliphatic carbocycles. The molecule has 2 heteroatoms. The van der Waals surface area contributed by atoms with E-state index in [2.05, 4.69) is 21.0 Å². The van der Waals surface area contributed by atoms with E-state index in [1.54, 1.807) is 0 Å². The quantitative estimate of drug-likeness (QED) is 0.246. The van der Waals surface area contributed by atoms with E-state index in [0.29, 0.717) is 0 Å². The van der Waals surface area contributed by atoms with E-state index in [-0.39, 0.29) is 0 Å². The van der Waals surface area contributed by atoms with Crippen LogP contribution in [0.1, 0.15) is 103 Å². The second kappa shape index (κ2) is 16.8. The Morgan fingerprint density at radius 3 is 1.26 bits per heavy atom. The fraction of sp³-hybridized carbons (Fsp3) is 1.00. The molecular formula is C21H47N2+. The standard InChI is InChI=1S/C21H47N2/c1-4-5-6-7-8-9-10-11-12-13-14-15-16-17-20-23(2,3)21-18-19-22/h4-22H2,1-3H3/q+1. The van der Waals surface area contributed by atoms with E-state index >= 15 is 0 Å². The molecule has 23 heavy (non-hydrogen) atoms. The maximum Gasteiger partial charge on any atom is 0.0794 e. The van der Waals surface area contributed by atoms with Gasteiger partial charge in [-0.15, -0.1) is 0 Å². The SMILES string of the molecule is CCCCCCCCCCCCCCCC[N+](C)(C)CCCN. The van der Waals surface area contributed by atoms with Crippen LogP contribution in [0.2, 0.25) is 0 Å². The van der Waals surface area contributed by atoms with Crippen LogP contribution in [-0.2, 0) is 0 Å². The topological polar surface area (TPSA) is 26.0 Å². The molecule has 0 fully saturated rings. The molecule has 140 valence electrons. The van der Waals surface area contributed by atoms with Gasteiger partial charge in [0.25, 0.3) is 0 Å². The van der Waals surface area contributed by atoms with Crippen LogP contribution in [0.25, 0.3) is 0 Å². The molecule has 0 aromatic heterocycles. The molecule has 0 aromatic rings. The second-order valence-corrected chi connectivity index (χ2v) is 8.12. The Balaban J connectivity index is 3.16. The van der Waals surface area contributed by atoms with Gasteiger partial charge in [-0.2, -0.15) is 0 Å². The van der Waals surface area contributed by atoms with Gasteiger partial charge in [-0.05, 0) is 19.4 Å². The molecule has 0 aromatic carbocycles. The first-order valence-electron chi connectivity index (χ1n) is 10.6. The highest BCUT2D eigenvalue weighted by Gasteiger charge is 2.12. The Kier molecular flexibility index (Phi) is 16.7. The van der Waals surface area contributed by atoms with Crippen molar-refractivity contribution in [1.29, 1.82) is 0 Å². The Bertz CT molecular complexity index is 226. The van der Waals surface area contributed by atoms with Crippen molar-refractivity contribution >= 4 is 0 Å². The van der Waals surface area contributed by atoms with Crippen LogP contribution in [0.15, 0.2) is 0 Å². The molecule has 0 atom stereocenters. The average Bonchev–Trinajstić information content (AvgIpc) is 2.53. The van der Waals surface area contributed by atoms with E-state index in [9.17, 15) is 0 Å². The van der Waals surface area contributed by atoms with Gasteiger partial charge in [0, 0.05) is 6.42 Å². The number of rotatable bonds is 18. The van der Waals surface area contributed by atoms with Gasteiger partial charge in [-0.1, -0.05) is 84.0 Å². The minimum atomic E-state index is 0.834. The van der Waals surface area contributed by atoms with Crippen molar-refractivity contribution in [3.8, 4) is 0 Å². The Hall–Kier alpha value is -0.0800. The fourth-order valence-electron chi connectivity index (χ4n) is 3.37. The van der Waals surface area contributed by atoms with E-state index in [1.165, 1.54) is 103 Å². The molecule has 0 bridgehead atoms. The molecular weight excluding hydrogens is 280 g/mol. The Morgan fingerprint density at radius 1 is 0.522 bits per heavy atom. The van der Waals surface area contributed by atoms with E-state index in [0.717, 1.165) is 17.4 Å². The molecule has 0 saturated carbocycles. The summed E-state index contributed by atoms with van der Waals surface area (Å²) in [5.74, 6) is 0. The summed E-state index contributed by atoms with van der Waals surface area (Å²) in [6.45, 7) is 5.68. The van der Waals surface area contributed by atoms with E-state index in [4.69, 9.17) is 5.73 Å². The Morgan fingerprint density at radius 2 is 0.870 bits per heavy atom. The van der Waals surface area contributed by atoms with Crippen LogP contribution in [0.4, 0.5) is 0 Å². The lowest BCUT2D eigenvalue weighted by Crippen LogP contribution is -2.41. The minimum Gasteiger partial charge on any atom is -0.330 e. The van der Waals surface area contributed by atoms with Gasteiger partial charge >= 0.3 is 0 Å². The van der Waals surface area contributed by atoms with Crippen molar-refractivity contribution in [3.63, 3.8) is 0 Å². The number of unbranched alkanes of at least 4 members (excludes halogenated alkanes) is 13. The minimum absolute atomic E-state index is 0.834. The van der Waals surface area contributed by atoms with E-state index in [1.807, 2.05) is 0 Å². The summed E-state index contributed by atoms with van der Waals surface area (Å²) in [6.07, 6.45) is 21.4. The van der Waals surface area contributed by atoms with Crippen LogP contribution >= 0.6 is 0 Å². The predicted octanol–water partition coefficient (Wildman–Crippen LogP) is 5.89. The van der Waals surface area contributed by atoms with Gasteiger partial charge in [0.05, 0.1) is 27.2 Å². The lowest BCUT2D eigenvalue weighted by molar-refractivity contribution is -0.890. The van der Waals surface area contributed by atoms with Gasteiger partial charge in [0.15, 0.2) is 0 Å². The molecule has 0 aliphatic rings. The molecule has 0 unspecified atom stereocenters. The zero-order chi connectivity index (χ0) is 17.2. The van der Waals surface area contributed by atoms with Crippen molar-refractivity contribution < 1.29 is 4.48 Å². The van der Waals surface area contributed by atoms with Crippen molar-refractivity contribution in [3.05, 3.63) is 0 Å². The molecule has 0 spiro atoms. The summed E-state index contributed by atoms with van der Waals surface area (Å²) in [5, 5.41) is 0. The monoisotopic (exact) mass is 327 g/mol. The van der Waals surface area contributed by atoms with Crippen molar-refractivity contribution in [2.75, 3.05) is 33.7 Å².